The first-order valence-corrected chi connectivity index (χ1v) is 20.4. The van der Waals surface area contributed by atoms with Gasteiger partial charge in [-0.25, -0.2) is 0 Å². The summed E-state index contributed by atoms with van der Waals surface area (Å²) in [7, 11) is 0. The summed E-state index contributed by atoms with van der Waals surface area (Å²) in [6.45, 7) is 0. The van der Waals surface area contributed by atoms with E-state index in [-0.39, 0.29) is 5.92 Å². The molecule has 0 aliphatic heterocycles. The molecule has 10 aromatic rings. The monoisotopic (exact) mass is 747 g/mol. The molecular formula is C54H37NOS. The van der Waals surface area contributed by atoms with Crippen molar-refractivity contribution in [2.24, 2.45) is 0 Å². The molecule has 0 amide bonds. The third kappa shape index (κ3) is 5.96. The normalized spacial score (nSPS) is 13.9. The van der Waals surface area contributed by atoms with Crippen LogP contribution in [0.25, 0.3) is 86.6 Å². The van der Waals surface area contributed by atoms with Crippen molar-refractivity contribution in [2.45, 2.75) is 12.3 Å². The summed E-state index contributed by atoms with van der Waals surface area (Å²) >= 11 is 1.87. The summed E-state index contributed by atoms with van der Waals surface area (Å²) in [5.41, 5.74) is 14.7. The highest BCUT2D eigenvalue weighted by Gasteiger charge is 2.22. The minimum absolute atomic E-state index is 0.244. The largest absolute Gasteiger partial charge is 0.456 e. The molecule has 2 aromatic heterocycles. The first-order chi connectivity index (χ1) is 28.2. The average Bonchev–Trinajstić information content (AvgIpc) is 3.87. The Labute approximate surface area is 335 Å². The Bertz CT molecular complexity index is 3160. The van der Waals surface area contributed by atoms with Crippen LogP contribution in [0.4, 0.5) is 11.4 Å². The standard InChI is InChI=1S/C54H37NOS/c1-3-12-35(13-4-1)36-24-26-37(27-25-36)40-16-9-17-41(34-40)43-19-11-22-49-51(43)52-48(33-32-44(53(52)56-49)38-14-5-2-6-15-38)55-42-30-28-39(29-31-42)45-20-10-21-47-46-18-7-8-23-50(46)57-54(45)47/h1-14,16-34,38,55H,15H2. The molecular weight excluding hydrogens is 711 g/mol. The number of hydrogen-bond donors (Lipinski definition) is 1. The van der Waals surface area contributed by atoms with Crippen LogP contribution in [0.3, 0.4) is 0 Å². The predicted octanol–water partition coefficient (Wildman–Crippen LogP) is 16.0. The van der Waals surface area contributed by atoms with Gasteiger partial charge in [0.1, 0.15) is 11.2 Å². The fourth-order valence-electron chi connectivity index (χ4n) is 8.60. The van der Waals surface area contributed by atoms with Gasteiger partial charge in [0, 0.05) is 42.7 Å². The van der Waals surface area contributed by atoms with Crippen molar-refractivity contribution in [3.8, 4) is 44.5 Å². The summed E-state index contributed by atoms with van der Waals surface area (Å²) in [4.78, 5) is 0. The maximum atomic E-state index is 6.89. The van der Waals surface area contributed by atoms with Crippen LogP contribution < -0.4 is 5.32 Å². The Kier molecular flexibility index (Phi) is 8.19. The first kappa shape index (κ1) is 33.4. The Morgan fingerprint density at radius 2 is 1.19 bits per heavy atom. The summed E-state index contributed by atoms with van der Waals surface area (Å²) in [5.74, 6) is 0.244. The number of rotatable bonds is 7. The molecule has 0 fully saturated rings. The van der Waals surface area contributed by atoms with Crippen LogP contribution in [0, 0.1) is 0 Å². The third-order valence-corrected chi connectivity index (χ3v) is 12.7. The molecule has 11 rings (SSSR count). The van der Waals surface area contributed by atoms with Crippen LogP contribution in [0.2, 0.25) is 0 Å². The van der Waals surface area contributed by atoms with E-state index in [1.165, 1.54) is 59.1 Å². The van der Waals surface area contributed by atoms with E-state index in [0.717, 1.165) is 50.9 Å². The second kappa shape index (κ2) is 14.0. The van der Waals surface area contributed by atoms with Crippen LogP contribution >= 0.6 is 11.3 Å². The van der Waals surface area contributed by atoms with Gasteiger partial charge in [0.2, 0.25) is 0 Å². The number of fused-ring (bicyclic) bond motifs is 6. The zero-order valence-electron chi connectivity index (χ0n) is 31.2. The van der Waals surface area contributed by atoms with Gasteiger partial charge in [-0.1, -0.05) is 164 Å². The molecule has 0 spiro atoms. The number of thiophene rings is 1. The van der Waals surface area contributed by atoms with Gasteiger partial charge in [-0.15, -0.1) is 11.3 Å². The Hall–Kier alpha value is -6.94. The minimum Gasteiger partial charge on any atom is -0.456 e. The fraction of sp³-hybridized carbons (Fsp3) is 0.0370. The summed E-state index contributed by atoms with van der Waals surface area (Å²) < 4.78 is 9.54. The van der Waals surface area contributed by atoms with Crippen molar-refractivity contribution in [1.82, 2.24) is 0 Å². The summed E-state index contributed by atoms with van der Waals surface area (Å²) in [6, 6.07) is 63.5. The van der Waals surface area contributed by atoms with E-state index in [4.69, 9.17) is 4.42 Å². The van der Waals surface area contributed by atoms with Gasteiger partial charge in [-0.3, -0.25) is 0 Å². The molecule has 8 aromatic carbocycles. The Morgan fingerprint density at radius 1 is 0.509 bits per heavy atom. The first-order valence-electron chi connectivity index (χ1n) is 19.6. The second-order valence-electron chi connectivity index (χ2n) is 14.8. The molecule has 2 nitrogen and oxygen atoms in total. The van der Waals surface area contributed by atoms with Crippen molar-refractivity contribution in [2.75, 3.05) is 5.32 Å². The molecule has 270 valence electrons. The highest BCUT2D eigenvalue weighted by Crippen LogP contribution is 2.46. The van der Waals surface area contributed by atoms with Crippen molar-refractivity contribution in [3.63, 3.8) is 0 Å². The molecule has 1 atom stereocenters. The van der Waals surface area contributed by atoms with E-state index in [2.05, 4.69) is 206 Å². The lowest BCUT2D eigenvalue weighted by Gasteiger charge is -2.16. The zero-order chi connectivity index (χ0) is 37.7. The fourth-order valence-corrected chi connectivity index (χ4v) is 9.84. The maximum Gasteiger partial charge on any atom is 0.141 e. The van der Waals surface area contributed by atoms with Gasteiger partial charge >= 0.3 is 0 Å². The number of benzene rings is 8. The minimum atomic E-state index is 0.244. The maximum absolute atomic E-state index is 6.89. The van der Waals surface area contributed by atoms with E-state index in [0.29, 0.717) is 0 Å². The molecule has 0 saturated carbocycles. The van der Waals surface area contributed by atoms with E-state index in [9.17, 15) is 0 Å². The number of anilines is 2. The van der Waals surface area contributed by atoms with Gasteiger partial charge in [0.15, 0.2) is 0 Å². The quantitative estimate of drug-likeness (QED) is 0.176. The molecule has 1 N–H and O–H groups in total. The van der Waals surface area contributed by atoms with E-state index in [1.807, 2.05) is 11.3 Å². The Balaban J connectivity index is 1.00. The van der Waals surface area contributed by atoms with E-state index in [1.54, 1.807) is 0 Å². The number of allylic oxidation sites excluding steroid dienone is 4. The van der Waals surface area contributed by atoms with Gasteiger partial charge in [0.25, 0.3) is 0 Å². The molecule has 0 bridgehead atoms. The molecule has 1 aliphatic rings. The van der Waals surface area contributed by atoms with Crippen LogP contribution in [0.5, 0.6) is 0 Å². The molecule has 1 aliphatic carbocycles. The van der Waals surface area contributed by atoms with Crippen molar-refractivity contribution in [1.29, 1.82) is 0 Å². The van der Waals surface area contributed by atoms with Gasteiger partial charge in [-0.05, 0) is 87.3 Å². The smallest absolute Gasteiger partial charge is 0.141 e. The number of hydrogen-bond acceptors (Lipinski definition) is 3. The molecule has 1 unspecified atom stereocenters. The van der Waals surface area contributed by atoms with Gasteiger partial charge in [-0.2, -0.15) is 0 Å². The number of nitrogens with one attached hydrogen (secondary N) is 1. The summed E-state index contributed by atoms with van der Waals surface area (Å²) in [5, 5.41) is 8.70. The lowest BCUT2D eigenvalue weighted by molar-refractivity contribution is 0.657. The van der Waals surface area contributed by atoms with Gasteiger partial charge in [0.05, 0.1) is 11.1 Å². The molecule has 2 heterocycles. The molecule has 57 heavy (non-hydrogen) atoms. The van der Waals surface area contributed by atoms with Crippen LogP contribution in [0.15, 0.2) is 205 Å². The molecule has 3 heteroatoms. The van der Waals surface area contributed by atoms with Crippen LogP contribution in [-0.2, 0) is 0 Å². The SMILES string of the molecule is C1=CCC(c2ccc(Nc3ccc(-c4cccc5c4sc4ccccc45)cc3)c3c2oc2cccc(-c4cccc(-c5ccc(-c6ccccc6)cc5)c4)c23)C=C1. The van der Waals surface area contributed by atoms with Crippen molar-refractivity contribution < 1.29 is 4.42 Å². The topological polar surface area (TPSA) is 25.2 Å². The lowest BCUT2D eigenvalue weighted by atomic mass is 9.89. The average molecular weight is 748 g/mol. The van der Waals surface area contributed by atoms with Crippen molar-refractivity contribution >= 4 is 64.8 Å². The molecule has 0 radical (unpaired) electrons. The molecule has 0 saturated heterocycles. The predicted molar refractivity (Wildman–Crippen MR) is 244 cm³/mol. The van der Waals surface area contributed by atoms with E-state index >= 15 is 0 Å². The highest BCUT2D eigenvalue weighted by atomic mass is 32.1. The van der Waals surface area contributed by atoms with Crippen molar-refractivity contribution in [3.05, 3.63) is 206 Å². The highest BCUT2D eigenvalue weighted by molar-refractivity contribution is 7.26. The third-order valence-electron chi connectivity index (χ3n) is 11.4. The van der Waals surface area contributed by atoms with E-state index < -0.39 is 0 Å². The summed E-state index contributed by atoms with van der Waals surface area (Å²) in [6.07, 6.45) is 9.77. The van der Waals surface area contributed by atoms with Crippen LogP contribution in [-0.4, -0.2) is 0 Å². The number of furan rings is 1. The van der Waals surface area contributed by atoms with Crippen LogP contribution in [0.1, 0.15) is 17.9 Å². The van der Waals surface area contributed by atoms with Gasteiger partial charge < -0.3 is 9.73 Å². The zero-order valence-corrected chi connectivity index (χ0v) is 32.0. The second-order valence-corrected chi connectivity index (χ2v) is 15.9. The Morgan fingerprint density at radius 3 is 2.04 bits per heavy atom. The lowest BCUT2D eigenvalue weighted by Crippen LogP contribution is -1.99.